The average Bonchev–Trinajstić information content (AvgIpc) is 2.76. The number of rotatable bonds is 11. The van der Waals surface area contributed by atoms with E-state index < -0.39 is 16.1 Å². The van der Waals surface area contributed by atoms with Crippen molar-refractivity contribution in [1.82, 2.24) is 10.2 Å². The lowest BCUT2D eigenvalue weighted by Crippen LogP contribution is -2.49. The number of nitrogens with one attached hydrogen (secondary N) is 1. The summed E-state index contributed by atoms with van der Waals surface area (Å²) in [6.45, 7) is 7.25. The average molecular weight is 577 g/mol. The molecule has 0 aromatic heterocycles. The van der Waals surface area contributed by atoms with Gasteiger partial charge in [-0.25, -0.2) is 8.42 Å². The molecule has 0 fully saturated rings. The molecule has 0 bridgehead atoms. The Morgan fingerprint density at radius 1 is 1.03 bits per heavy atom. The second-order valence-electron chi connectivity index (χ2n) is 8.92. The number of carbonyl (C=O) groups is 2. The maximum Gasteiger partial charge on any atom is 0.242 e. The van der Waals surface area contributed by atoms with Crippen molar-refractivity contribution in [2.45, 2.75) is 59.2 Å². The van der Waals surface area contributed by atoms with E-state index in [1.165, 1.54) is 9.21 Å². The summed E-state index contributed by atoms with van der Waals surface area (Å²) in [5, 5.41) is 4.13. The minimum atomic E-state index is -3.62. The zero-order valence-electron chi connectivity index (χ0n) is 21.0. The molecule has 0 aliphatic rings. The third-order valence-corrected chi connectivity index (χ3v) is 7.79. The molecule has 1 N–H and O–H groups in total. The molecular formula is C25H32Cl3N3O4S. The third-order valence-electron chi connectivity index (χ3n) is 5.61. The molecule has 36 heavy (non-hydrogen) atoms. The van der Waals surface area contributed by atoms with Crippen LogP contribution < -0.4 is 9.62 Å². The number of nitrogens with zero attached hydrogens (tertiary/aromatic N) is 2. The maximum atomic E-state index is 13.3. The number of amides is 2. The van der Waals surface area contributed by atoms with E-state index in [2.05, 4.69) is 5.32 Å². The van der Waals surface area contributed by atoms with Gasteiger partial charge in [0.2, 0.25) is 21.8 Å². The van der Waals surface area contributed by atoms with Crippen molar-refractivity contribution in [2.75, 3.05) is 17.1 Å². The molecule has 7 nitrogen and oxygen atoms in total. The molecule has 198 valence electrons. The van der Waals surface area contributed by atoms with E-state index in [0.29, 0.717) is 31.9 Å². The highest BCUT2D eigenvalue weighted by atomic mass is 35.5. The first-order chi connectivity index (χ1) is 16.7. The van der Waals surface area contributed by atoms with Gasteiger partial charge in [0.1, 0.15) is 6.04 Å². The summed E-state index contributed by atoms with van der Waals surface area (Å²) in [7, 11) is -3.62. The number of anilines is 1. The number of sulfonamides is 1. The molecule has 0 saturated carbocycles. The van der Waals surface area contributed by atoms with Gasteiger partial charge in [-0.2, -0.15) is 0 Å². The molecule has 2 amide bonds. The Morgan fingerprint density at radius 3 is 2.28 bits per heavy atom. The lowest BCUT2D eigenvalue weighted by molar-refractivity contribution is -0.140. The van der Waals surface area contributed by atoms with Crippen LogP contribution in [0.25, 0.3) is 0 Å². The molecule has 1 atom stereocenters. The summed E-state index contributed by atoms with van der Waals surface area (Å²) >= 11 is 18.5. The van der Waals surface area contributed by atoms with Gasteiger partial charge in [0.15, 0.2) is 0 Å². The normalized spacial score (nSPS) is 12.4. The number of carbonyl (C=O) groups excluding carboxylic acids is 2. The largest absolute Gasteiger partial charge is 0.352 e. The first-order valence-electron chi connectivity index (χ1n) is 11.5. The van der Waals surface area contributed by atoms with Gasteiger partial charge in [-0.05, 0) is 69.5 Å². The van der Waals surface area contributed by atoms with Crippen molar-refractivity contribution in [3.05, 3.63) is 62.6 Å². The topological polar surface area (TPSA) is 86.8 Å². The van der Waals surface area contributed by atoms with Crippen LogP contribution in [0.1, 0.15) is 44.7 Å². The van der Waals surface area contributed by atoms with E-state index in [4.69, 9.17) is 34.8 Å². The second-order valence-corrected chi connectivity index (χ2v) is 12.1. The van der Waals surface area contributed by atoms with Crippen molar-refractivity contribution in [3.8, 4) is 0 Å². The predicted molar refractivity (Wildman–Crippen MR) is 147 cm³/mol. The molecule has 0 saturated heterocycles. The van der Waals surface area contributed by atoms with E-state index in [9.17, 15) is 18.0 Å². The van der Waals surface area contributed by atoms with Crippen LogP contribution in [0.15, 0.2) is 36.4 Å². The first kappa shape index (κ1) is 30.2. The van der Waals surface area contributed by atoms with Gasteiger partial charge in [0, 0.05) is 40.6 Å². The zero-order chi connectivity index (χ0) is 27.2. The van der Waals surface area contributed by atoms with Gasteiger partial charge in [-0.3, -0.25) is 13.9 Å². The lowest BCUT2D eigenvalue weighted by atomic mass is 10.1. The molecule has 0 aliphatic heterocycles. The Labute approximate surface area is 228 Å². The summed E-state index contributed by atoms with van der Waals surface area (Å²) in [5.74, 6) is -0.598. The van der Waals surface area contributed by atoms with Crippen LogP contribution in [0.2, 0.25) is 15.1 Å². The van der Waals surface area contributed by atoms with Crippen molar-refractivity contribution >= 4 is 62.3 Å². The Hall–Kier alpha value is -2.00. The van der Waals surface area contributed by atoms with Gasteiger partial charge in [0.25, 0.3) is 0 Å². The van der Waals surface area contributed by atoms with E-state index in [0.717, 1.165) is 6.26 Å². The van der Waals surface area contributed by atoms with E-state index in [1.54, 1.807) is 50.2 Å². The summed E-state index contributed by atoms with van der Waals surface area (Å²) in [6, 6.07) is 9.14. The molecule has 0 aliphatic carbocycles. The van der Waals surface area contributed by atoms with Crippen LogP contribution in [0.4, 0.5) is 5.69 Å². The highest BCUT2D eigenvalue weighted by molar-refractivity contribution is 7.92. The van der Waals surface area contributed by atoms with Crippen molar-refractivity contribution in [1.29, 1.82) is 0 Å². The summed E-state index contributed by atoms with van der Waals surface area (Å²) < 4.78 is 26.3. The molecule has 2 aromatic rings. The molecule has 0 spiro atoms. The van der Waals surface area contributed by atoms with Crippen LogP contribution in [0.5, 0.6) is 0 Å². The standard InChI is InChI=1S/C25H32Cl3N3O4S/c1-16(2)29-25(33)18(4)30(15-19-11-12-20(26)14-22(19)28)24(32)10-7-13-31(36(5,34)35)23-9-6-8-21(27)17(23)3/h6,8-9,11-12,14,16,18H,7,10,13,15H2,1-5H3,(H,29,33)/t18-/m1/s1. The molecule has 11 heteroatoms. The Bertz CT molecular complexity index is 1210. The fourth-order valence-electron chi connectivity index (χ4n) is 3.67. The SMILES string of the molecule is Cc1c(Cl)cccc1N(CCCC(=O)N(Cc1ccc(Cl)cc1Cl)[C@H](C)C(=O)NC(C)C)S(C)(=O)=O. The van der Waals surface area contributed by atoms with Crippen molar-refractivity contribution in [3.63, 3.8) is 0 Å². The smallest absolute Gasteiger partial charge is 0.242 e. The van der Waals surface area contributed by atoms with Crippen LogP contribution in [-0.2, 0) is 26.2 Å². The summed E-state index contributed by atoms with van der Waals surface area (Å²) in [5.41, 5.74) is 1.74. The van der Waals surface area contributed by atoms with Crippen LogP contribution >= 0.6 is 34.8 Å². The van der Waals surface area contributed by atoms with Gasteiger partial charge in [-0.1, -0.05) is 46.9 Å². The molecule has 2 rings (SSSR count). The number of hydrogen-bond acceptors (Lipinski definition) is 4. The van der Waals surface area contributed by atoms with Crippen molar-refractivity contribution in [2.24, 2.45) is 0 Å². The van der Waals surface area contributed by atoms with Crippen LogP contribution in [-0.4, -0.2) is 50.0 Å². The monoisotopic (exact) mass is 575 g/mol. The number of benzene rings is 2. The summed E-state index contributed by atoms with van der Waals surface area (Å²) in [4.78, 5) is 27.5. The third kappa shape index (κ3) is 8.26. The van der Waals surface area contributed by atoms with Gasteiger partial charge in [-0.15, -0.1) is 0 Å². The molecule has 0 unspecified atom stereocenters. The fourth-order valence-corrected chi connectivity index (χ4v) is 5.32. The molecule has 2 aromatic carbocycles. The first-order valence-corrected chi connectivity index (χ1v) is 14.5. The highest BCUT2D eigenvalue weighted by Crippen LogP contribution is 2.29. The van der Waals surface area contributed by atoms with E-state index in [-0.39, 0.29) is 43.8 Å². The minimum Gasteiger partial charge on any atom is -0.352 e. The summed E-state index contributed by atoms with van der Waals surface area (Å²) in [6.07, 6.45) is 1.37. The second kappa shape index (κ2) is 13.0. The lowest BCUT2D eigenvalue weighted by Gasteiger charge is -2.30. The Balaban J connectivity index is 2.24. The van der Waals surface area contributed by atoms with Crippen LogP contribution in [0, 0.1) is 6.92 Å². The molecule has 0 heterocycles. The van der Waals surface area contributed by atoms with Gasteiger partial charge in [0.05, 0.1) is 11.9 Å². The molecule has 0 radical (unpaired) electrons. The van der Waals surface area contributed by atoms with Gasteiger partial charge >= 0.3 is 0 Å². The fraction of sp³-hybridized carbons (Fsp3) is 0.440. The number of hydrogen-bond donors (Lipinski definition) is 1. The zero-order valence-corrected chi connectivity index (χ0v) is 24.1. The van der Waals surface area contributed by atoms with Crippen molar-refractivity contribution < 1.29 is 18.0 Å². The minimum absolute atomic E-state index is 0.0239. The van der Waals surface area contributed by atoms with Crippen LogP contribution in [0.3, 0.4) is 0 Å². The highest BCUT2D eigenvalue weighted by Gasteiger charge is 2.28. The maximum absolute atomic E-state index is 13.3. The molecular weight excluding hydrogens is 545 g/mol. The van der Waals surface area contributed by atoms with Gasteiger partial charge < -0.3 is 10.2 Å². The predicted octanol–water partition coefficient (Wildman–Crippen LogP) is 5.44. The van der Waals surface area contributed by atoms with E-state index >= 15 is 0 Å². The number of halogens is 3. The Kier molecular flexibility index (Phi) is 10.9. The quantitative estimate of drug-likeness (QED) is 0.386. The Morgan fingerprint density at radius 2 is 1.69 bits per heavy atom. The van der Waals surface area contributed by atoms with E-state index in [1.807, 2.05) is 13.8 Å².